The highest BCUT2D eigenvalue weighted by Gasteiger charge is 2.61. The summed E-state index contributed by atoms with van der Waals surface area (Å²) in [7, 11) is 0. The molecule has 0 radical (unpaired) electrons. The molecule has 2 aliphatic rings. The number of nitrogens with zero attached hydrogens (tertiary/aromatic N) is 2. The summed E-state index contributed by atoms with van der Waals surface area (Å²) in [6.07, 6.45) is -0.129. The number of hydrogen-bond donors (Lipinski definition) is 0. The van der Waals surface area contributed by atoms with Gasteiger partial charge in [0, 0.05) is 24.8 Å². The Hall–Kier alpha value is -1.29. The number of carbonyl (C=O) groups excluding carboxylic acids is 1. The third kappa shape index (κ3) is 3.85. The van der Waals surface area contributed by atoms with Gasteiger partial charge < -0.3 is 4.74 Å². The van der Waals surface area contributed by atoms with E-state index in [1.807, 2.05) is 0 Å². The van der Waals surface area contributed by atoms with Crippen molar-refractivity contribution in [1.82, 2.24) is 9.78 Å². The number of fused-ring (bicyclic) bond motifs is 2. The molecule has 0 N–H and O–H groups in total. The molecular formula is C21H21ClF3IN2O2. The molecular weight excluding hydrogens is 532 g/mol. The van der Waals surface area contributed by atoms with Crippen LogP contribution in [0.25, 0.3) is 11.3 Å². The lowest BCUT2D eigenvalue weighted by Gasteiger charge is -2.51. The normalized spacial score (nSPS) is 21.8. The minimum absolute atomic E-state index is 0.0363. The summed E-state index contributed by atoms with van der Waals surface area (Å²) >= 11 is 8.04. The van der Waals surface area contributed by atoms with Gasteiger partial charge in [-0.3, -0.25) is 9.48 Å². The molecule has 1 spiro atoms. The van der Waals surface area contributed by atoms with Gasteiger partial charge in [-0.15, -0.1) is 0 Å². The van der Waals surface area contributed by atoms with Gasteiger partial charge in [-0.05, 0) is 68.0 Å². The van der Waals surface area contributed by atoms with Gasteiger partial charge >= 0.3 is 5.97 Å². The predicted molar refractivity (Wildman–Crippen MR) is 115 cm³/mol. The van der Waals surface area contributed by atoms with Crippen molar-refractivity contribution in [1.29, 1.82) is 0 Å². The van der Waals surface area contributed by atoms with Crippen LogP contribution in [0.4, 0.5) is 13.2 Å². The molecule has 1 aromatic carbocycles. The SMILES string of the molecule is CC(C)(C)OC(=O)C1Cc2c(I)c(-c3ccc(F)c(Cl)c3)nn2C2(C1)CC(F)(F)C2. The lowest BCUT2D eigenvalue weighted by molar-refractivity contribution is -0.181. The summed E-state index contributed by atoms with van der Waals surface area (Å²) in [6, 6.07) is 4.29. The van der Waals surface area contributed by atoms with E-state index in [-0.39, 0.29) is 30.3 Å². The van der Waals surface area contributed by atoms with E-state index in [4.69, 9.17) is 16.3 Å². The van der Waals surface area contributed by atoms with E-state index < -0.39 is 28.8 Å². The molecule has 30 heavy (non-hydrogen) atoms. The Labute approximate surface area is 191 Å². The standard InChI is InChI=1S/C21H21ClF3IN2O2/c1-19(2,3)30-18(29)12-7-15-16(26)17(11-4-5-14(23)13(22)6-11)27-28(15)20(8-12)9-21(24,25)10-20/h4-6,12H,7-10H2,1-3H3. The average molecular weight is 553 g/mol. The van der Waals surface area contributed by atoms with Crippen molar-refractivity contribution in [2.24, 2.45) is 5.92 Å². The van der Waals surface area contributed by atoms with Gasteiger partial charge in [-0.25, -0.2) is 13.2 Å². The van der Waals surface area contributed by atoms with Gasteiger partial charge in [0.1, 0.15) is 17.1 Å². The van der Waals surface area contributed by atoms with Crippen molar-refractivity contribution in [3.63, 3.8) is 0 Å². The lowest BCUT2D eigenvalue weighted by atomic mass is 9.66. The fraction of sp³-hybridized carbons (Fsp3) is 0.524. The van der Waals surface area contributed by atoms with Crippen LogP contribution >= 0.6 is 34.2 Å². The molecule has 0 saturated heterocycles. The Morgan fingerprint density at radius 3 is 2.57 bits per heavy atom. The smallest absolute Gasteiger partial charge is 0.309 e. The molecule has 1 aliphatic heterocycles. The summed E-state index contributed by atoms with van der Waals surface area (Å²) < 4.78 is 49.5. The molecule has 0 amide bonds. The van der Waals surface area contributed by atoms with Crippen LogP contribution in [0.2, 0.25) is 5.02 Å². The third-order valence-electron chi connectivity index (χ3n) is 5.54. The first kappa shape index (κ1) is 21.9. The molecule has 162 valence electrons. The maximum Gasteiger partial charge on any atom is 0.309 e. The van der Waals surface area contributed by atoms with E-state index >= 15 is 0 Å². The molecule has 1 aromatic heterocycles. The first-order valence-corrected chi connectivity index (χ1v) is 11.1. The van der Waals surface area contributed by atoms with Gasteiger partial charge in [0.2, 0.25) is 0 Å². The molecule has 1 aliphatic carbocycles. The average Bonchev–Trinajstić information content (AvgIpc) is 2.92. The third-order valence-corrected chi connectivity index (χ3v) is 6.96. The molecule has 1 saturated carbocycles. The summed E-state index contributed by atoms with van der Waals surface area (Å²) in [5.74, 6) is -4.24. The van der Waals surface area contributed by atoms with Crippen LogP contribution in [0.1, 0.15) is 45.7 Å². The molecule has 4 rings (SSSR count). The maximum absolute atomic E-state index is 14.0. The molecule has 2 aromatic rings. The maximum atomic E-state index is 14.0. The van der Waals surface area contributed by atoms with Gasteiger partial charge in [0.15, 0.2) is 0 Å². The van der Waals surface area contributed by atoms with Crippen molar-refractivity contribution in [3.8, 4) is 11.3 Å². The summed E-state index contributed by atoms with van der Waals surface area (Å²) in [4.78, 5) is 12.8. The van der Waals surface area contributed by atoms with Gasteiger partial charge in [-0.1, -0.05) is 11.6 Å². The van der Waals surface area contributed by atoms with Crippen LogP contribution < -0.4 is 0 Å². The van der Waals surface area contributed by atoms with E-state index in [1.165, 1.54) is 12.1 Å². The fourth-order valence-electron chi connectivity index (χ4n) is 4.44. The molecule has 1 atom stereocenters. The summed E-state index contributed by atoms with van der Waals surface area (Å²) in [5.41, 5.74) is 0.285. The molecule has 1 unspecified atom stereocenters. The monoisotopic (exact) mass is 552 g/mol. The van der Waals surface area contributed by atoms with Gasteiger partial charge in [-0.2, -0.15) is 5.10 Å². The molecule has 4 nitrogen and oxygen atoms in total. The lowest BCUT2D eigenvalue weighted by Crippen LogP contribution is -2.58. The number of aromatic nitrogens is 2. The zero-order valence-electron chi connectivity index (χ0n) is 16.7. The number of alkyl halides is 2. The highest BCUT2D eigenvalue weighted by atomic mass is 127. The number of hydrogen-bond acceptors (Lipinski definition) is 3. The summed E-state index contributed by atoms with van der Waals surface area (Å²) in [5, 5.41) is 4.61. The molecule has 0 bridgehead atoms. The number of benzene rings is 1. The van der Waals surface area contributed by atoms with Crippen LogP contribution in [0.5, 0.6) is 0 Å². The first-order chi connectivity index (χ1) is 13.8. The van der Waals surface area contributed by atoms with Crippen LogP contribution in [0.15, 0.2) is 18.2 Å². The summed E-state index contributed by atoms with van der Waals surface area (Å²) in [6.45, 7) is 5.35. The zero-order chi connectivity index (χ0) is 22.1. The minimum Gasteiger partial charge on any atom is -0.460 e. The van der Waals surface area contributed by atoms with Crippen molar-refractivity contribution >= 4 is 40.2 Å². The number of halogens is 5. The molecule has 2 heterocycles. The van der Waals surface area contributed by atoms with Gasteiger partial charge in [0.05, 0.1) is 25.7 Å². The highest BCUT2D eigenvalue weighted by molar-refractivity contribution is 14.1. The Morgan fingerprint density at radius 2 is 2.00 bits per heavy atom. The van der Waals surface area contributed by atoms with Crippen molar-refractivity contribution in [3.05, 3.63) is 38.3 Å². The van der Waals surface area contributed by atoms with E-state index in [1.54, 1.807) is 31.5 Å². The Kier molecular flexibility index (Phi) is 5.20. The van der Waals surface area contributed by atoms with Crippen molar-refractivity contribution in [2.45, 2.75) is 63.5 Å². The van der Waals surface area contributed by atoms with Crippen molar-refractivity contribution < 1.29 is 22.7 Å². The number of esters is 1. The Morgan fingerprint density at radius 1 is 1.33 bits per heavy atom. The first-order valence-electron chi connectivity index (χ1n) is 9.64. The van der Waals surface area contributed by atoms with Crippen molar-refractivity contribution in [2.75, 3.05) is 0 Å². The van der Waals surface area contributed by atoms with Crippen LogP contribution in [-0.4, -0.2) is 27.3 Å². The number of rotatable bonds is 2. The Bertz CT molecular complexity index is 1020. The van der Waals surface area contributed by atoms with E-state index in [0.29, 0.717) is 17.7 Å². The Balaban J connectivity index is 1.77. The fourth-order valence-corrected chi connectivity index (χ4v) is 5.49. The zero-order valence-corrected chi connectivity index (χ0v) is 19.7. The van der Waals surface area contributed by atoms with E-state index in [0.717, 1.165) is 9.26 Å². The highest BCUT2D eigenvalue weighted by Crippen LogP contribution is 2.56. The van der Waals surface area contributed by atoms with Gasteiger partial charge in [0.25, 0.3) is 5.92 Å². The predicted octanol–water partition coefficient (Wildman–Crippen LogP) is 5.98. The van der Waals surface area contributed by atoms with Crippen LogP contribution in [0.3, 0.4) is 0 Å². The minimum atomic E-state index is -2.79. The molecule has 1 fully saturated rings. The second-order valence-electron chi connectivity index (χ2n) is 9.22. The van der Waals surface area contributed by atoms with Crippen LogP contribution in [0, 0.1) is 15.3 Å². The largest absolute Gasteiger partial charge is 0.460 e. The van der Waals surface area contributed by atoms with E-state index in [2.05, 4.69) is 27.7 Å². The second-order valence-corrected chi connectivity index (χ2v) is 10.7. The second kappa shape index (κ2) is 7.12. The topological polar surface area (TPSA) is 44.1 Å². The van der Waals surface area contributed by atoms with E-state index in [9.17, 15) is 18.0 Å². The van der Waals surface area contributed by atoms with Crippen LogP contribution in [-0.2, 0) is 21.5 Å². The number of ether oxygens (including phenoxy) is 1. The quantitative estimate of drug-likeness (QED) is 0.340. The number of carbonyl (C=O) groups is 1. The molecule has 9 heteroatoms.